The summed E-state index contributed by atoms with van der Waals surface area (Å²) >= 11 is 0. The molecule has 1 N–H and O–H groups in total. The van der Waals surface area contributed by atoms with Crippen molar-refractivity contribution < 1.29 is 4.79 Å². The molecule has 1 atom stereocenters. The lowest BCUT2D eigenvalue weighted by molar-refractivity contribution is -0.132. The summed E-state index contributed by atoms with van der Waals surface area (Å²) in [5.74, 6) is 2.10. The summed E-state index contributed by atoms with van der Waals surface area (Å²) in [6.45, 7) is 3.82. The van der Waals surface area contributed by atoms with Crippen LogP contribution in [-0.4, -0.2) is 38.4 Å². The highest BCUT2D eigenvalue weighted by molar-refractivity contribution is 5.88. The van der Waals surface area contributed by atoms with Crippen LogP contribution in [0.4, 0.5) is 0 Å². The number of likely N-dealkylation sites (tertiary alicyclic amines) is 1. The third-order valence-electron chi connectivity index (χ3n) is 6.61. The molecule has 1 saturated heterocycles. The van der Waals surface area contributed by atoms with Gasteiger partial charge in [-0.1, -0.05) is 24.6 Å². The number of nitrogens with zero attached hydrogens (tertiary/aromatic N) is 3. The molecule has 0 bridgehead atoms. The fourth-order valence-corrected chi connectivity index (χ4v) is 4.85. The zero-order valence-corrected chi connectivity index (χ0v) is 16.5. The molecule has 1 unspecified atom stereocenters. The van der Waals surface area contributed by atoms with E-state index in [1.54, 1.807) is 0 Å². The zero-order chi connectivity index (χ0) is 19.1. The molecule has 0 spiro atoms. The maximum atomic E-state index is 13.1. The maximum absolute atomic E-state index is 13.1. The standard InChI is InChI=1S/C23H28N4O/c1-16-13-25-23(17-6-4-7-17)27(16)19-8-5-11-26(15-19)22(28)12-18-14-24-21-10-3-2-9-20(18)21/h2-3,9-10,13-14,17,19,24H,4-8,11-12,15H2,1H3. The van der Waals surface area contributed by atoms with E-state index < -0.39 is 0 Å². The molecule has 1 amide bonds. The minimum absolute atomic E-state index is 0.234. The van der Waals surface area contributed by atoms with Crippen LogP contribution in [0.25, 0.3) is 10.9 Å². The summed E-state index contributed by atoms with van der Waals surface area (Å²) in [5.41, 5.74) is 3.43. The van der Waals surface area contributed by atoms with Crippen molar-refractivity contribution in [3.63, 3.8) is 0 Å². The topological polar surface area (TPSA) is 53.9 Å². The number of carbonyl (C=O) groups excluding carboxylic acids is 1. The number of nitrogens with one attached hydrogen (secondary N) is 1. The summed E-state index contributed by atoms with van der Waals surface area (Å²) in [7, 11) is 0. The van der Waals surface area contributed by atoms with Crippen LogP contribution in [0.5, 0.6) is 0 Å². The van der Waals surface area contributed by atoms with Crippen LogP contribution in [0.2, 0.25) is 0 Å². The zero-order valence-electron chi connectivity index (χ0n) is 16.5. The molecule has 1 aromatic carbocycles. The number of piperidine rings is 1. The van der Waals surface area contributed by atoms with Crippen LogP contribution in [0.1, 0.15) is 61.1 Å². The van der Waals surface area contributed by atoms with Gasteiger partial charge >= 0.3 is 0 Å². The molecule has 5 heteroatoms. The predicted molar refractivity (Wildman–Crippen MR) is 110 cm³/mol. The van der Waals surface area contributed by atoms with E-state index in [4.69, 9.17) is 4.98 Å². The number of aromatic nitrogens is 3. The van der Waals surface area contributed by atoms with E-state index in [1.807, 2.05) is 24.5 Å². The average molecular weight is 377 g/mol. The van der Waals surface area contributed by atoms with Crippen LogP contribution in [0.15, 0.2) is 36.7 Å². The van der Waals surface area contributed by atoms with Crippen molar-refractivity contribution in [2.24, 2.45) is 0 Å². The number of imidazole rings is 1. The van der Waals surface area contributed by atoms with E-state index in [9.17, 15) is 4.79 Å². The molecule has 5 nitrogen and oxygen atoms in total. The van der Waals surface area contributed by atoms with Gasteiger partial charge in [0.1, 0.15) is 5.82 Å². The molecule has 28 heavy (non-hydrogen) atoms. The SMILES string of the molecule is Cc1cnc(C2CCC2)n1C1CCCN(C(=O)Cc2c[nH]c3ccccc23)C1. The third kappa shape index (κ3) is 3.03. The lowest BCUT2D eigenvalue weighted by atomic mass is 9.84. The Hall–Kier alpha value is -2.56. The first-order valence-corrected chi connectivity index (χ1v) is 10.6. The Labute approximate surface area is 165 Å². The number of aromatic amines is 1. The molecule has 3 heterocycles. The number of amides is 1. The molecular weight excluding hydrogens is 348 g/mol. The Balaban J connectivity index is 1.33. The van der Waals surface area contributed by atoms with Crippen molar-refractivity contribution in [3.8, 4) is 0 Å². The first-order chi connectivity index (χ1) is 13.7. The molecule has 0 radical (unpaired) electrons. The summed E-state index contributed by atoms with van der Waals surface area (Å²) < 4.78 is 2.44. The van der Waals surface area contributed by atoms with Crippen molar-refractivity contribution >= 4 is 16.8 Å². The quantitative estimate of drug-likeness (QED) is 0.736. The highest BCUT2D eigenvalue weighted by atomic mass is 16.2. The normalized spacial score (nSPS) is 20.5. The minimum Gasteiger partial charge on any atom is -0.361 e. The van der Waals surface area contributed by atoms with E-state index in [2.05, 4.69) is 33.5 Å². The van der Waals surface area contributed by atoms with Crippen molar-refractivity contribution in [1.29, 1.82) is 0 Å². The maximum Gasteiger partial charge on any atom is 0.227 e. The largest absolute Gasteiger partial charge is 0.361 e. The molecule has 2 aromatic heterocycles. The Kier molecular flexibility index (Phi) is 4.46. The van der Waals surface area contributed by atoms with Gasteiger partial charge in [0, 0.05) is 48.0 Å². The predicted octanol–water partition coefficient (Wildman–Crippen LogP) is 4.35. The molecule has 2 aliphatic rings. The smallest absolute Gasteiger partial charge is 0.227 e. The second-order valence-corrected chi connectivity index (χ2v) is 8.43. The number of rotatable bonds is 4. The van der Waals surface area contributed by atoms with Crippen molar-refractivity contribution in [2.75, 3.05) is 13.1 Å². The number of aryl methyl sites for hydroxylation is 1. The highest BCUT2D eigenvalue weighted by Crippen LogP contribution is 2.38. The first kappa shape index (κ1) is 17.5. The molecule has 1 aliphatic heterocycles. The number of benzene rings is 1. The molecule has 3 aromatic rings. The highest BCUT2D eigenvalue weighted by Gasteiger charge is 2.31. The van der Waals surface area contributed by atoms with E-state index in [0.717, 1.165) is 42.4 Å². The Bertz CT molecular complexity index is 997. The van der Waals surface area contributed by atoms with Crippen LogP contribution in [-0.2, 0) is 11.2 Å². The molecule has 146 valence electrons. The van der Waals surface area contributed by atoms with E-state index in [-0.39, 0.29) is 5.91 Å². The Morgan fingerprint density at radius 2 is 2.07 bits per heavy atom. The first-order valence-electron chi connectivity index (χ1n) is 10.6. The molecule has 1 saturated carbocycles. The number of carbonyl (C=O) groups is 1. The van der Waals surface area contributed by atoms with Crippen LogP contribution in [0.3, 0.4) is 0 Å². The number of hydrogen-bond acceptors (Lipinski definition) is 2. The fourth-order valence-electron chi connectivity index (χ4n) is 4.85. The second kappa shape index (κ2) is 7.12. The summed E-state index contributed by atoms with van der Waals surface area (Å²) in [4.78, 5) is 23.2. The average Bonchev–Trinajstić information content (AvgIpc) is 3.25. The van der Waals surface area contributed by atoms with Crippen molar-refractivity contribution in [1.82, 2.24) is 19.4 Å². The third-order valence-corrected chi connectivity index (χ3v) is 6.61. The Morgan fingerprint density at radius 3 is 2.89 bits per heavy atom. The van der Waals surface area contributed by atoms with Gasteiger partial charge in [-0.3, -0.25) is 4.79 Å². The van der Waals surface area contributed by atoms with E-state index >= 15 is 0 Å². The van der Waals surface area contributed by atoms with E-state index in [1.165, 1.54) is 30.8 Å². The second-order valence-electron chi connectivity index (χ2n) is 8.43. The van der Waals surface area contributed by atoms with Gasteiger partial charge in [-0.15, -0.1) is 0 Å². The summed E-state index contributed by atoms with van der Waals surface area (Å²) in [6.07, 6.45) is 10.5. The van der Waals surface area contributed by atoms with Crippen LogP contribution < -0.4 is 0 Å². The molecular formula is C23H28N4O. The minimum atomic E-state index is 0.234. The van der Waals surface area contributed by atoms with E-state index in [0.29, 0.717) is 18.4 Å². The number of hydrogen-bond donors (Lipinski definition) is 1. The summed E-state index contributed by atoms with van der Waals surface area (Å²) in [5, 5.41) is 1.15. The van der Waals surface area contributed by atoms with Gasteiger partial charge in [0.25, 0.3) is 0 Å². The van der Waals surface area contributed by atoms with Crippen LogP contribution >= 0.6 is 0 Å². The van der Waals surface area contributed by atoms with Gasteiger partial charge in [-0.25, -0.2) is 4.98 Å². The van der Waals surface area contributed by atoms with Gasteiger partial charge in [-0.2, -0.15) is 0 Å². The van der Waals surface area contributed by atoms with Gasteiger partial charge in [0.05, 0.1) is 12.5 Å². The number of para-hydroxylation sites is 1. The lowest BCUT2D eigenvalue weighted by Gasteiger charge is -2.36. The van der Waals surface area contributed by atoms with Crippen molar-refractivity contribution in [3.05, 3.63) is 53.7 Å². The van der Waals surface area contributed by atoms with Gasteiger partial charge in [-0.05, 0) is 44.2 Å². The fraction of sp³-hybridized carbons (Fsp3) is 0.478. The molecule has 1 aliphatic carbocycles. The molecule has 5 rings (SSSR count). The number of H-pyrrole nitrogens is 1. The Morgan fingerprint density at radius 1 is 1.21 bits per heavy atom. The van der Waals surface area contributed by atoms with Gasteiger partial charge < -0.3 is 14.5 Å². The van der Waals surface area contributed by atoms with Gasteiger partial charge in [0.15, 0.2) is 0 Å². The van der Waals surface area contributed by atoms with Gasteiger partial charge in [0.2, 0.25) is 5.91 Å². The van der Waals surface area contributed by atoms with Crippen LogP contribution in [0, 0.1) is 6.92 Å². The molecule has 2 fully saturated rings. The number of fused-ring (bicyclic) bond motifs is 1. The lowest BCUT2D eigenvalue weighted by Crippen LogP contribution is -2.42. The van der Waals surface area contributed by atoms with Crippen molar-refractivity contribution in [2.45, 2.75) is 57.4 Å². The summed E-state index contributed by atoms with van der Waals surface area (Å²) in [6, 6.07) is 8.56. The monoisotopic (exact) mass is 376 g/mol.